The van der Waals surface area contributed by atoms with E-state index in [-0.39, 0.29) is 6.10 Å². The fraction of sp³-hybridized carbons (Fsp3) is 0.778. The first-order chi connectivity index (χ1) is 6.70. The molecular formula is C9H16O4S. The van der Waals surface area contributed by atoms with Gasteiger partial charge < -0.3 is 19.7 Å². The molecule has 0 radical (unpaired) electrons. The van der Waals surface area contributed by atoms with Crippen LogP contribution in [0.3, 0.4) is 0 Å². The fourth-order valence-electron chi connectivity index (χ4n) is 1.31. The first kappa shape index (κ1) is 12.0. The van der Waals surface area contributed by atoms with Gasteiger partial charge in [0, 0.05) is 18.6 Å². The van der Waals surface area contributed by atoms with Gasteiger partial charge in [0.15, 0.2) is 6.29 Å². The summed E-state index contributed by atoms with van der Waals surface area (Å²) >= 11 is 1.60. The van der Waals surface area contributed by atoms with E-state index < -0.39 is 18.5 Å². The van der Waals surface area contributed by atoms with E-state index in [1.165, 1.54) is 7.11 Å². The van der Waals surface area contributed by atoms with Crippen molar-refractivity contribution >= 4 is 11.8 Å². The van der Waals surface area contributed by atoms with Crippen molar-refractivity contribution in [3.05, 3.63) is 12.7 Å². The molecule has 1 saturated heterocycles. The Morgan fingerprint density at radius 1 is 1.50 bits per heavy atom. The van der Waals surface area contributed by atoms with Crippen LogP contribution in [0.25, 0.3) is 0 Å². The Labute approximate surface area is 87.9 Å². The molecule has 14 heavy (non-hydrogen) atoms. The highest BCUT2D eigenvalue weighted by Gasteiger charge is 2.42. The molecule has 1 rings (SSSR count). The Kier molecular flexibility index (Phi) is 4.91. The summed E-state index contributed by atoms with van der Waals surface area (Å²) in [4.78, 5) is 0. The zero-order chi connectivity index (χ0) is 10.6. The molecule has 0 bridgehead atoms. The lowest BCUT2D eigenvalue weighted by molar-refractivity contribution is -0.145. The van der Waals surface area contributed by atoms with Crippen molar-refractivity contribution in [2.75, 3.05) is 18.6 Å². The van der Waals surface area contributed by atoms with Crippen molar-refractivity contribution in [1.29, 1.82) is 0 Å². The topological polar surface area (TPSA) is 58.9 Å². The number of methoxy groups -OCH3 is 1. The Bertz CT molecular complexity index is 188. The molecule has 0 aromatic rings. The molecule has 0 amide bonds. The molecule has 1 aliphatic rings. The summed E-state index contributed by atoms with van der Waals surface area (Å²) in [5, 5.41) is 19.0. The molecule has 1 heterocycles. The summed E-state index contributed by atoms with van der Waals surface area (Å²) in [7, 11) is 1.44. The van der Waals surface area contributed by atoms with Gasteiger partial charge in [-0.2, -0.15) is 11.8 Å². The van der Waals surface area contributed by atoms with Crippen molar-refractivity contribution in [3.8, 4) is 0 Å². The van der Waals surface area contributed by atoms with Crippen LogP contribution in [0.2, 0.25) is 0 Å². The van der Waals surface area contributed by atoms with E-state index in [4.69, 9.17) is 9.47 Å². The lowest BCUT2D eigenvalue weighted by Gasteiger charge is -2.12. The molecule has 5 heteroatoms. The van der Waals surface area contributed by atoms with Crippen LogP contribution in [-0.4, -0.2) is 53.4 Å². The number of thioether (sulfide) groups is 1. The average molecular weight is 220 g/mol. The fourth-order valence-corrected chi connectivity index (χ4v) is 2.13. The van der Waals surface area contributed by atoms with Gasteiger partial charge in [-0.15, -0.1) is 6.58 Å². The van der Waals surface area contributed by atoms with E-state index in [1.54, 1.807) is 17.8 Å². The lowest BCUT2D eigenvalue weighted by atomic mass is 10.2. The normalized spacial score (nSPS) is 37.4. The Morgan fingerprint density at radius 3 is 2.71 bits per heavy atom. The Balaban J connectivity index is 2.36. The minimum atomic E-state index is -0.950. The maximum Gasteiger partial charge on any atom is 0.186 e. The summed E-state index contributed by atoms with van der Waals surface area (Å²) in [6, 6.07) is 0. The van der Waals surface area contributed by atoms with E-state index in [9.17, 15) is 10.2 Å². The molecule has 82 valence electrons. The zero-order valence-electron chi connectivity index (χ0n) is 8.13. The van der Waals surface area contributed by atoms with Gasteiger partial charge in [0.05, 0.1) is 6.10 Å². The summed E-state index contributed by atoms with van der Waals surface area (Å²) < 4.78 is 10.2. The summed E-state index contributed by atoms with van der Waals surface area (Å²) in [6.45, 7) is 3.59. The molecule has 2 N–H and O–H groups in total. The van der Waals surface area contributed by atoms with Crippen LogP contribution in [0, 0.1) is 0 Å². The summed E-state index contributed by atoms with van der Waals surface area (Å²) in [5.74, 6) is 1.43. The van der Waals surface area contributed by atoms with Gasteiger partial charge >= 0.3 is 0 Å². The van der Waals surface area contributed by atoms with Crippen molar-refractivity contribution < 1.29 is 19.7 Å². The molecule has 4 nitrogen and oxygen atoms in total. The van der Waals surface area contributed by atoms with E-state index in [2.05, 4.69) is 6.58 Å². The van der Waals surface area contributed by atoms with Gasteiger partial charge in [0.25, 0.3) is 0 Å². The largest absolute Gasteiger partial charge is 0.387 e. The van der Waals surface area contributed by atoms with Crippen LogP contribution in [0.4, 0.5) is 0 Å². The third-order valence-corrected chi connectivity index (χ3v) is 3.10. The van der Waals surface area contributed by atoms with Crippen molar-refractivity contribution in [2.24, 2.45) is 0 Å². The van der Waals surface area contributed by atoms with E-state index in [0.717, 1.165) is 5.75 Å². The van der Waals surface area contributed by atoms with Gasteiger partial charge in [-0.3, -0.25) is 0 Å². The summed E-state index contributed by atoms with van der Waals surface area (Å²) in [6.07, 6.45) is -1.10. The quantitative estimate of drug-likeness (QED) is 0.504. The van der Waals surface area contributed by atoms with Gasteiger partial charge in [0.1, 0.15) is 12.2 Å². The maximum absolute atomic E-state index is 9.56. The highest BCUT2D eigenvalue weighted by molar-refractivity contribution is 7.99. The Morgan fingerprint density at radius 2 is 2.21 bits per heavy atom. The smallest absolute Gasteiger partial charge is 0.186 e. The molecule has 1 unspecified atom stereocenters. The number of aliphatic hydroxyl groups is 2. The third-order valence-electron chi connectivity index (χ3n) is 2.07. The number of hydrogen-bond donors (Lipinski definition) is 2. The Hall–Kier alpha value is -0.0700. The van der Waals surface area contributed by atoms with Crippen LogP contribution in [-0.2, 0) is 9.47 Å². The number of hydrogen-bond acceptors (Lipinski definition) is 5. The van der Waals surface area contributed by atoms with Crippen LogP contribution in [0.15, 0.2) is 12.7 Å². The van der Waals surface area contributed by atoms with Crippen LogP contribution in [0.1, 0.15) is 0 Å². The second kappa shape index (κ2) is 5.72. The lowest BCUT2D eigenvalue weighted by Crippen LogP contribution is -2.33. The second-order valence-electron chi connectivity index (χ2n) is 3.09. The zero-order valence-corrected chi connectivity index (χ0v) is 8.94. The number of aliphatic hydroxyl groups excluding tert-OH is 2. The molecule has 0 aromatic carbocycles. The predicted octanol–water partition coefficient (Wildman–Crippen LogP) is -0.00130. The van der Waals surface area contributed by atoms with Crippen molar-refractivity contribution in [1.82, 2.24) is 0 Å². The minimum Gasteiger partial charge on any atom is -0.387 e. The molecule has 0 spiro atoms. The van der Waals surface area contributed by atoms with Crippen LogP contribution < -0.4 is 0 Å². The van der Waals surface area contributed by atoms with Crippen molar-refractivity contribution in [3.63, 3.8) is 0 Å². The van der Waals surface area contributed by atoms with E-state index in [1.807, 2.05) is 0 Å². The van der Waals surface area contributed by atoms with Gasteiger partial charge in [0.2, 0.25) is 0 Å². The molecule has 4 atom stereocenters. The molecule has 1 aliphatic heterocycles. The molecule has 1 fully saturated rings. The van der Waals surface area contributed by atoms with Gasteiger partial charge in [-0.25, -0.2) is 0 Å². The van der Waals surface area contributed by atoms with E-state index >= 15 is 0 Å². The molecule has 0 aliphatic carbocycles. The predicted molar refractivity (Wildman–Crippen MR) is 55.2 cm³/mol. The van der Waals surface area contributed by atoms with Crippen molar-refractivity contribution in [2.45, 2.75) is 24.6 Å². The summed E-state index contributed by atoms with van der Waals surface area (Å²) in [5.41, 5.74) is 0. The minimum absolute atomic E-state index is 0.361. The molecular weight excluding hydrogens is 204 g/mol. The SMILES string of the molecule is C=CCSC[C@H]1OC(OC)[C@@H](O)[C@@H]1O. The molecule has 0 saturated carbocycles. The molecule has 0 aromatic heterocycles. The maximum atomic E-state index is 9.56. The van der Waals surface area contributed by atoms with Gasteiger partial charge in [-0.1, -0.05) is 6.08 Å². The monoisotopic (exact) mass is 220 g/mol. The first-order valence-electron chi connectivity index (χ1n) is 4.43. The van der Waals surface area contributed by atoms with Gasteiger partial charge in [-0.05, 0) is 0 Å². The number of ether oxygens (including phenoxy) is 2. The average Bonchev–Trinajstić information content (AvgIpc) is 2.46. The standard InChI is InChI=1S/C9H16O4S/c1-3-4-14-5-6-7(10)8(11)9(12-2)13-6/h3,6-11H,1,4-5H2,2H3/t6-,7-,8+,9?/m1/s1. The highest BCUT2D eigenvalue weighted by atomic mass is 32.2. The van der Waals surface area contributed by atoms with Crippen LogP contribution in [0.5, 0.6) is 0 Å². The third kappa shape index (κ3) is 2.71. The van der Waals surface area contributed by atoms with E-state index in [0.29, 0.717) is 5.75 Å². The second-order valence-corrected chi connectivity index (χ2v) is 4.16. The number of rotatable bonds is 5. The first-order valence-corrected chi connectivity index (χ1v) is 5.59. The van der Waals surface area contributed by atoms with Crippen LogP contribution >= 0.6 is 11.8 Å². The highest BCUT2D eigenvalue weighted by Crippen LogP contribution is 2.24.